The molecule has 0 fully saturated rings. The zero-order valence-electron chi connectivity index (χ0n) is 13.4. The number of nitro groups is 1. The summed E-state index contributed by atoms with van der Waals surface area (Å²) >= 11 is 2.72. The number of carbonyl (C=O) groups excluding carboxylic acids is 1. The fraction of sp³-hybridized carbons (Fsp3) is 0.176. The summed E-state index contributed by atoms with van der Waals surface area (Å²) in [6.45, 7) is 0.562. The highest BCUT2D eigenvalue weighted by Gasteiger charge is 2.14. The minimum Gasteiger partial charge on any atom is -0.341 e. The lowest BCUT2D eigenvalue weighted by Gasteiger charge is -2.16. The third-order valence-corrected chi connectivity index (χ3v) is 5.72. The van der Waals surface area contributed by atoms with Crippen molar-refractivity contribution in [2.45, 2.75) is 10.9 Å². The maximum Gasteiger partial charge on any atom is 0.270 e. The molecular weight excluding hydrogens is 358 g/mol. The largest absolute Gasteiger partial charge is 0.341 e. The number of amides is 1. The number of non-ortho nitro benzene ring substituents is 1. The van der Waals surface area contributed by atoms with Crippen LogP contribution in [0.15, 0.2) is 52.9 Å². The Balaban J connectivity index is 1.61. The Labute approximate surface area is 152 Å². The van der Waals surface area contributed by atoms with E-state index in [9.17, 15) is 14.9 Å². The van der Waals surface area contributed by atoms with Gasteiger partial charge < -0.3 is 4.90 Å². The highest BCUT2D eigenvalue weighted by atomic mass is 32.2. The van der Waals surface area contributed by atoms with Crippen LogP contribution in [0.3, 0.4) is 0 Å². The third kappa shape index (κ3) is 4.34. The summed E-state index contributed by atoms with van der Waals surface area (Å²) in [6, 6.07) is 14.4. The molecule has 0 N–H and O–H groups in total. The molecule has 0 radical (unpaired) electrons. The van der Waals surface area contributed by atoms with Gasteiger partial charge in [0.05, 0.1) is 20.9 Å². The highest BCUT2D eigenvalue weighted by Crippen LogP contribution is 2.31. The van der Waals surface area contributed by atoms with Crippen molar-refractivity contribution in [2.24, 2.45) is 0 Å². The van der Waals surface area contributed by atoms with Crippen molar-refractivity contribution in [2.75, 3.05) is 12.8 Å². The van der Waals surface area contributed by atoms with E-state index in [1.165, 1.54) is 35.2 Å². The number of carbonyl (C=O) groups is 1. The minimum atomic E-state index is -0.423. The molecule has 128 valence electrons. The lowest BCUT2D eigenvalue weighted by molar-refractivity contribution is -0.384. The Morgan fingerprint density at radius 2 is 2.04 bits per heavy atom. The minimum absolute atomic E-state index is 0.0130. The molecule has 1 amide bonds. The van der Waals surface area contributed by atoms with Crippen LogP contribution in [0.4, 0.5) is 5.69 Å². The maximum absolute atomic E-state index is 12.3. The van der Waals surface area contributed by atoms with Crippen molar-refractivity contribution in [3.8, 4) is 0 Å². The lowest BCUT2D eigenvalue weighted by Crippen LogP contribution is -2.27. The molecule has 1 aromatic heterocycles. The number of nitro benzene ring substituents is 1. The lowest BCUT2D eigenvalue weighted by atomic mass is 10.2. The van der Waals surface area contributed by atoms with Crippen LogP contribution in [0.2, 0.25) is 0 Å². The Bertz CT molecular complexity index is 912. The van der Waals surface area contributed by atoms with Gasteiger partial charge in [-0.15, -0.1) is 11.3 Å². The molecule has 3 aromatic rings. The molecule has 0 saturated carbocycles. The van der Waals surface area contributed by atoms with E-state index in [1.807, 2.05) is 30.3 Å². The van der Waals surface area contributed by atoms with Crippen LogP contribution in [-0.2, 0) is 11.3 Å². The van der Waals surface area contributed by atoms with Crippen LogP contribution in [0.1, 0.15) is 5.56 Å². The molecule has 0 spiro atoms. The first kappa shape index (κ1) is 17.4. The van der Waals surface area contributed by atoms with E-state index >= 15 is 0 Å². The third-order valence-electron chi connectivity index (χ3n) is 3.57. The molecule has 0 unspecified atom stereocenters. The van der Waals surface area contributed by atoms with Gasteiger partial charge in [0.1, 0.15) is 0 Å². The molecule has 1 heterocycles. The van der Waals surface area contributed by atoms with Gasteiger partial charge in [0.2, 0.25) is 5.91 Å². The number of thioether (sulfide) groups is 1. The smallest absolute Gasteiger partial charge is 0.270 e. The average Bonchev–Trinajstić information content (AvgIpc) is 3.02. The molecule has 0 bridgehead atoms. The average molecular weight is 373 g/mol. The SMILES string of the molecule is CN(Cc1ccccc1)C(=O)CSc1nc2ccc([N+](=O)[O-])cc2s1. The molecule has 0 aliphatic heterocycles. The van der Waals surface area contributed by atoms with Gasteiger partial charge in [-0.3, -0.25) is 14.9 Å². The quantitative estimate of drug-likeness (QED) is 0.371. The summed E-state index contributed by atoms with van der Waals surface area (Å²) < 4.78 is 1.48. The Hall–Kier alpha value is -2.45. The van der Waals surface area contributed by atoms with Crippen LogP contribution < -0.4 is 0 Å². The number of aromatic nitrogens is 1. The number of fused-ring (bicyclic) bond motifs is 1. The highest BCUT2D eigenvalue weighted by molar-refractivity contribution is 8.01. The molecular formula is C17H15N3O3S2. The molecule has 3 rings (SSSR count). The van der Waals surface area contributed by atoms with Crippen molar-refractivity contribution < 1.29 is 9.72 Å². The zero-order valence-corrected chi connectivity index (χ0v) is 15.0. The molecule has 0 saturated heterocycles. The standard InChI is InChI=1S/C17H15N3O3S2/c1-19(10-12-5-3-2-4-6-12)16(21)11-24-17-18-14-8-7-13(20(22)23)9-15(14)25-17/h2-9H,10-11H2,1H3. The van der Waals surface area contributed by atoms with Gasteiger partial charge in [-0.25, -0.2) is 4.98 Å². The summed E-state index contributed by atoms with van der Waals surface area (Å²) in [5.41, 5.74) is 1.84. The van der Waals surface area contributed by atoms with E-state index in [-0.39, 0.29) is 17.3 Å². The molecule has 0 atom stereocenters. The number of hydrogen-bond donors (Lipinski definition) is 0. The van der Waals surface area contributed by atoms with Crippen molar-refractivity contribution in [3.63, 3.8) is 0 Å². The van der Waals surface area contributed by atoms with Crippen LogP contribution in [0.5, 0.6) is 0 Å². The van der Waals surface area contributed by atoms with Gasteiger partial charge in [0.15, 0.2) is 4.34 Å². The van der Waals surface area contributed by atoms with Crippen molar-refractivity contribution >= 4 is 44.9 Å². The maximum atomic E-state index is 12.3. The first-order chi connectivity index (χ1) is 12.0. The summed E-state index contributed by atoms with van der Waals surface area (Å²) in [7, 11) is 1.78. The second-order valence-electron chi connectivity index (χ2n) is 5.41. The topological polar surface area (TPSA) is 76.3 Å². The summed E-state index contributed by atoms with van der Waals surface area (Å²) in [5, 5.41) is 10.8. The van der Waals surface area contributed by atoms with Gasteiger partial charge in [0.25, 0.3) is 5.69 Å². The van der Waals surface area contributed by atoms with Crippen LogP contribution >= 0.6 is 23.1 Å². The van der Waals surface area contributed by atoms with E-state index < -0.39 is 4.92 Å². The Morgan fingerprint density at radius 1 is 1.28 bits per heavy atom. The summed E-state index contributed by atoms with van der Waals surface area (Å²) in [6.07, 6.45) is 0. The fourth-order valence-corrected chi connectivity index (χ4v) is 4.29. The number of nitrogens with zero attached hydrogens (tertiary/aromatic N) is 3. The van der Waals surface area contributed by atoms with Crippen molar-refractivity contribution in [1.82, 2.24) is 9.88 Å². The zero-order chi connectivity index (χ0) is 17.8. The van der Waals surface area contributed by atoms with Crippen LogP contribution in [-0.4, -0.2) is 33.5 Å². The van der Waals surface area contributed by atoms with Crippen LogP contribution in [0.25, 0.3) is 10.2 Å². The number of hydrogen-bond acceptors (Lipinski definition) is 6. The first-order valence-electron chi connectivity index (χ1n) is 7.48. The monoisotopic (exact) mass is 373 g/mol. The van der Waals surface area contributed by atoms with Crippen molar-refractivity contribution in [1.29, 1.82) is 0 Å². The summed E-state index contributed by atoms with van der Waals surface area (Å²) in [4.78, 5) is 28.8. The van der Waals surface area contributed by atoms with Gasteiger partial charge in [-0.1, -0.05) is 42.1 Å². The van der Waals surface area contributed by atoms with Gasteiger partial charge in [-0.2, -0.15) is 0 Å². The fourth-order valence-electron chi connectivity index (χ4n) is 2.25. The second kappa shape index (κ2) is 7.62. The molecule has 0 aliphatic carbocycles. The number of thiazole rings is 1. The molecule has 0 aliphatic rings. The van der Waals surface area contributed by atoms with E-state index in [0.717, 1.165) is 14.6 Å². The number of benzene rings is 2. The summed E-state index contributed by atoms with van der Waals surface area (Å²) in [5.74, 6) is 0.296. The number of rotatable bonds is 6. The normalized spacial score (nSPS) is 10.8. The van der Waals surface area contributed by atoms with Crippen molar-refractivity contribution in [3.05, 3.63) is 64.2 Å². The van der Waals surface area contributed by atoms with E-state index in [1.54, 1.807) is 18.0 Å². The van der Waals surface area contributed by atoms with Gasteiger partial charge >= 0.3 is 0 Å². The van der Waals surface area contributed by atoms with Gasteiger partial charge in [0, 0.05) is 25.7 Å². The van der Waals surface area contributed by atoms with E-state index in [2.05, 4.69) is 4.98 Å². The Morgan fingerprint density at radius 3 is 2.76 bits per heavy atom. The predicted octanol–water partition coefficient (Wildman–Crippen LogP) is 3.96. The second-order valence-corrected chi connectivity index (χ2v) is 7.67. The van der Waals surface area contributed by atoms with Gasteiger partial charge in [-0.05, 0) is 11.6 Å². The first-order valence-corrected chi connectivity index (χ1v) is 9.29. The predicted molar refractivity (Wildman–Crippen MR) is 99.9 cm³/mol. The molecule has 6 nitrogen and oxygen atoms in total. The molecule has 8 heteroatoms. The van der Waals surface area contributed by atoms with E-state index in [0.29, 0.717) is 12.1 Å². The van der Waals surface area contributed by atoms with E-state index in [4.69, 9.17) is 0 Å². The molecule has 2 aromatic carbocycles. The van der Waals surface area contributed by atoms with Crippen LogP contribution in [0, 0.1) is 10.1 Å². The Kier molecular flexibility index (Phi) is 5.30. The molecule has 25 heavy (non-hydrogen) atoms.